The molecule has 0 unspecified atom stereocenters. The van der Waals surface area contributed by atoms with E-state index >= 15 is 0 Å². The van der Waals surface area contributed by atoms with Gasteiger partial charge in [-0.3, -0.25) is 4.98 Å². The zero-order chi connectivity index (χ0) is 16.6. The average Bonchev–Trinajstić information content (AvgIpc) is 2.53. The van der Waals surface area contributed by atoms with Crippen molar-refractivity contribution in [2.75, 3.05) is 11.4 Å². The van der Waals surface area contributed by atoms with Crippen molar-refractivity contribution in [3.63, 3.8) is 0 Å². The van der Waals surface area contributed by atoms with Crippen LogP contribution in [0.3, 0.4) is 0 Å². The molecule has 1 aliphatic rings. The van der Waals surface area contributed by atoms with Crippen LogP contribution in [0.2, 0.25) is 0 Å². The molecule has 1 N–H and O–H groups in total. The lowest BCUT2D eigenvalue weighted by Gasteiger charge is -2.31. The number of carbonyl (C=O) groups is 1. The molecule has 0 amide bonds. The Morgan fingerprint density at radius 2 is 2.09 bits per heavy atom. The minimum Gasteiger partial charge on any atom is -0.478 e. The minimum atomic E-state index is -0.960. The van der Waals surface area contributed by atoms with Crippen molar-refractivity contribution in [2.24, 2.45) is 0 Å². The van der Waals surface area contributed by atoms with Crippen molar-refractivity contribution in [1.29, 1.82) is 0 Å². The van der Waals surface area contributed by atoms with Crippen LogP contribution in [0.5, 0.6) is 0 Å². The molecule has 0 saturated carbocycles. The van der Waals surface area contributed by atoms with Crippen LogP contribution in [0, 0.1) is 0 Å². The summed E-state index contributed by atoms with van der Waals surface area (Å²) in [6, 6.07) is 1.75. The molecule has 3 heterocycles. The molecule has 0 saturated heterocycles. The number of nitrogens with zero attached hydrogens (tertiary/aromatic N) is 4. The molecule has 1 aliphatic heterocycles. The maximum absolute atomic E-state index is 11.4. The van der Waals surface area contributed by atoms with Gasteiger partial charge in [0, 0.05) is 49.1 Å². The van der Waals surface area contributed by atoms with Gasteiger partial charge in [0.2, 0.25) is 0 Å². The molecule has 120 valence electrons. The van der Waals surface area contributed by atoms with E-state index in [1.165, 1.54) is 6.20 Å². The highest BCUT2D eigenvalue weighted by molar-refractivity contribution is 5.94. The van der Waals surface area contributed by atoms with Crippen LogP contribution in [0.15, 0.2) is 24.7 Å². The lowest BCUT2D eigenvalue weighted by molar-refractivity contribution is 0.0697. The van der Waals surface area contributed by atoms with Crippen LogP contribution in [0.1, 0.15) is 48.2 Å². The number of rotatable bonds is 2. The Bertz CT molecular complexity index is 752. The largest absolute Gasteiger partial charge is 0.478 e. The fourth-order valence-corrected chi connectivity index (χ4v) is 2.71. The number of carboxylic acids is 1. The number of hydrogen-bond donors (Lipinski definition) is 1. The minimum absolute atomic E-state index is 0.0757. The molecule has 2 aromatic heterocycles. The molecule has 0 spiro atoms. The fraction of sp³-hybridized carbons (Fsp3) is 0.412. The zero-order valence-corrected chi connectivity index (χ0v) is 13.6. The maximum Gasteiger partial charge on any atom is 0.339 e. The monoisotopic (exact) mass is 312 g/mol. The van der Waals surface area contributed by atoms with E-state index < -0.39 is 5.97 Å². The molecule has 3 rings (SSSR count). The lowest BCUT2D eigenvalue weighted by atomic mass is 9.95. The second kappa shape index (κ2) is 5.61. The maximum atomic E-state index is 11.4. The van der Waals surface area contributed by atoms with Gasteiger partial charge in [-0.2, -0.15) is 0 Å². The van der Waals surface area contributed by atoms with Crippen LogP contribution in [0.25, 0.3) is 0 Å². The highest BCUT2D eigenvalue weighted by Gasteiger charge is 2.24. The summed E-state index contributed by atoms with van der Waals surface area (Å²) in [7, 11) is 0. The van der Waals surface area contributed by atoms with E-state index in [4.69, 9.17) is 4.98 Å². The quantitative estimate of drug-likeness (QED) is 0.917. The van der Waals surface area contributed by atoms with Crippen LogP contribution in [0.4, 0.5) is 5.69 Å². The Labute approximate surface area is 135 Å². The van der Waals surface area contributed by atoms with E-state index in [2.05, 4.69) is 30.7 Å². The van der Waals surface area contributed by atoms with E-state index in [0.717, 1.165) is 30.0 Å². The third-order valence-electron chi connectivity index (χ3n) is 3.97. The number of aromatic nitrogens is 3. The molecule has 0 aromatic carbocycles. The standard InChI is InChI=1S/C17H20N4O2/c1-17(2,3)16-19-8-11-10-21(7-5-13(11)20-16)14-4-6-18-9-12(14)15(22)23/h4,6,8-9H,5,7,10H2,1-3H3,(H,22,23). The van der Waals surface area contributed by atoms with E-state index in [1.807, 2.05) is 11.1 Å². The van der Waals surface area contributed by atoms with Gasteiger partial charge in [-0.25, -0.2) is 14.8 Å². The molecule has 6 heteroatoms. The second-order valence-electron chi connectivity index (χ2n) is 6.79. The summed E-state index contributed by atoms with van der Waals surface area (Å²) in [6.07, 6.45) is 5.67. The molecule has 23 heavy (non-hydrogen) atoms. The number of pyridine rings is 1. The lowest BCUT2D eigenvalue weighted by Crippen LogP contribution is -2.33. The SMILES string of the molecule is CC(C)(C)c1ncc2c(n1)CCN(c1ccncc1C(=O)O)C2. The Hall–Kier alpha value is -2.50. The summed E-state index contributed by atoms with van der Waals surface area (Å²) < 4.78 is 0. The summed E-state index contributed by atoms with van der Waals surface area (Å²) in [4.78, 5) is 26.5. The first-order valence-electron chi connectivity index (χ1n) is 7.64. The highest BCUT2D eigenvalue weighted by atomic mass is 16.4. The summed E-state index contributed by atoms with van der Waals surface area (Å²) >= 11 is 0. The molecular weight excluding hydrogens is 292 g/mol. The van der Waals surface area contributed by atoms with Gasteiger partial charge in [-0.15, -0.1) is 0 Å². The molecule has 0 fully saturated rings. The molecule has 6 nitrogen and oxygen atoms in total. The highest BCUT2D eigenvalue weighted by Crippen LogP contribution is 2.27. The number of hydrogen-bond acceptors (Lipinski definition) is 5. The van der Waals surface area contributed by atoms with Gasteiger partial charge in [0.25, 0.3) is 0 Å². The van der Waals surface area contributed by atoms with Crippen molar-refractivity contribution >= 4 is 11.7 Å². The van der Waals surface area contributed by atoms with E-state index in [1.54, 1.807) is 12.3 Å². The smallest absolute Gasteiger partial charge is 0.339 e. The fourth-order valence-electron chi connectivity index (χ4n) is 2.71. The van der Waals surface area contributed by atoms with E-state index in [9.17, 15) is 9.90 Å². The van der Waals surface area contributed by atoms with Gasteiger partial charge in [0.15, 0.2) is 0 Å². The Kier molecular flexibility index (Phi) is 3.75. The van der Waals surface area contributed by atoms with Crippen molar-refractivity contribution in [3.05, 3.63) is 47.3 Å². The molecular formula is C17H20N4O2. The van der Waals surface area contributed by atoms with E-state index in [0.29, 0.717) is 12.2 Å². The third-order valence-corrected chi connectivity index (χ3v) is 3.97. The van der Waals surface area contributed by atoms with Crippen LogP contribution < -0.4 is 4.90 Å². The summed E-state index contributed by atoms with van der Waals surface area (Å²) in [5, 5.41) is 9.33. The Balaban J connectivity index is 1.91. The van der Waals surface area contributed by atoms with Gasteiger partial charge in [-0.05, 0) is 6.07 Å². The summed E-state index contributed by atoms with van der Waals surface area (Å²) in [5.74, 6) is -0.113. The van der Waals surface area contributed by atoms with Gasteiger partial charge in [0.05, 0.1) is 11.4 Å². The zero-order valence-electron chi connectivity index (χ0n) is 13.6. The van der Waals surface area contributed by atoms with Gasteiger partial charge >= 0.3 is 5.97 Å². The third kappa shape index (κ3) is 3.02. The predicted molar refractivity (Wildman–Crippen MR) is 86.7 cm³/mol. The molecule has 0 atom stereocenters. The van der Waals surface area contributed by atoms with Gasteiger partial charge < -0.3 is 10.0 Å². The Morgan fingerprint density at radius 3 is 2.78 bits per heavy atom. The van der Waals surface area contributed by atoms with E-state index in [-0.39, 0.29) is 11.0 Å². The predicted octanol–water partition coefficient (Wildman–Crippen LogP) is 2.43. The number of carboxylic acid groups (broad SMARTS) is 1. The van der Waals surface area contributed by atoms with Crippen molar-refractivity contribution in [1.82, 2.24) is 15.0 Å². The Morgan fingerprint density at radius 1 is 1.30 bits per heavy atom. The average molecular weight is 312 g/mol. The number of aromatic carboxylic acids is 1. The molecule has 0 radical (unpaired) electrons. The first-order chi connectivity index (χ1) is 10.9. The molecule has 2 aromatic rings. The van der Waals surface area contributed by atoms with Crippen molar-refractivity contribution < 1.29 is 9.90 Å². The van der Waals surface area contributed by atoms with Gasteiger partial charge in [0.1, 0.15) is 11.4 Å². The molecule has 0 aliphatic carbocycles. The van der Waals surface area contributed by atoms with Gasteiger partial charge in [-0.1, -0.05) is 20.8 Å². The van der Waals surface area contributed by atoms with Crippen molar-refractivity contribution in [3.8, 4) is 0 Å². The van der Waals surface area contributed by atoms with Crippen LogP contribution in [-0.4, -0.2) is 32.6 Å². The first-order valence-corrected chi connectivity index (χ1v) is 7.64. The number of fused-ring (bicyclic) bond motifs is 1. The summed E-state index contributed by atoms with van der Waals surface area (Å²) in [5.41, 5.74) is 2.96. The molecule has 0 bridgehead atoms. The van der Waals surface area contributed by atoms with Crippen LogP contribution >= 0.6 is 0 Å². The topological polar surface area (TPSA) is 79.2 Å². The number of anilines is 1. The second-order valence-corrected chi connectivity index (χ2v) is 6.79. The normalized spacial score (nSPS) is 14.5. The summed E-state index contributed by atoms with van der Waals surface area (Å²) in [6.45, 7) is 7.64. The first kappa shape index (κ1) is 15.4. The van der Waals surface area contributed by atoms with Crippen molar-refractivity contribution in [2.45, 2.75) is 39.2 Å². The van der Waals surface area contributed by atoms with Crippen LogP contribution in [-0.2, 0) is 18.4 Å².